The maximum absolute atomic E-state index is 12.3. The highest BCUT2D eigenvalue weighted by Crippen LogP contribution is 2.37. The molecule has 1 saturated heterocycles. The van der Waals surface area contributed by atoms with E-state index < -0.39 is 31.1 Å². The number of likely N-dealkylation sites (tertiary alicyclic amines) is 1. The van der Waals surface area contributed by atoms with Crippen molar-refractivity contribution < 1.29 is 33.1 Å². The summed E-state index contributed by atoms with van der Waals surface area (Å²) in [5.41, 5.74) is 0. The molecule has 1 aromatic heterocycles. The molecule has 2 aliphatic rings. The number of hydrogen-bond donors (Lipinski definition) is 2. The first-order valence-corrected chi connectivity index (χ1v) is 9.06. The highest BCUT2D eigenvalue weighted by molar-refractivity contribution is 6.07. The summed E-state index contributed by atoms with van der Waals surface area (Å²) in [5.74, 6) is -2.62. The highest BCUT2D eigenvalue weighted by atomic mass is 16.5. The second-order valence-corrected chi connectivity index (χ2v) is 6.73. The lowest BCUT2D eigenvalue weighted by Crippen LogP contribution is -2.42. The van der Waals surface area contributed by atoms with Gasteiger partial charge in [0.2, 0.25) is 11.8 Å². The summed E-state index contributed by atoms with van der Waals surface area (Å²) < 4.78 is 9.80. The summed E-state index contributed by atoms with van der Waals surface area (Å²) >= 11 is 0. The Kier molecular flexibility index (Phi) is 6.07. The van der Waals surface area contributed by atoms with Gasteiger partial charge in [-0.25, -0.2) is 4.79 Å². The Morgan fingerprint density at radius 3 is 2.43 bits per heavy atom. The van der Waals surface area contributed by atoms with Gasteiger partial charge in [-0.1, -0.05) is 12.8 Å². The fraction of sp³-hybridized carbons (Fsp3) is 0.500. The molecule has 0 spiro atoms. The molecular formula is C18H21N3O7. The quantitative estimate of drug-likeness (QED) is 0.527. The minimum absolute atomic E-state index is 0.0907. The number of esters is 1. The lowest BCUT2D eigenvalue weighted by molar-refractivity contribution is -0.154. The third kappa shape index (κ3) is 4.56. The van der Waals surface area contributed by atoms with Crippen LogP contribution in [0.25, 0.3) is 0 Å². The summed E-state index contributed by atoms with van der Waals surface area (Å²) in [6, 6.07) is 2.54. The van der Waals surface area contributed by atoms with Gasteiger partial charge in [-0.2, -0.15) is 0 Å². The third-order valence-electron chi connectivity index (χ3n) is 4.84. The van der Waals surface area contributed by atoms with E-state index in [2.05, 4.69) is 5.32 Å². The second kappa shape index (κ2) is 8.68. The number of carbonyl (C=O) groups excluding carboxylic acids is 5. The Labute approximate surface area is 160 Å². The number of imide groups is 2. The molecule has 1 aromatic rings. The molecule has 2 N–H and O–H groups in total. The number of furan rings is 1. The van der Waals surface area contributed by atoms with Gasteiger partial charge in [-0.15, -0.1) is 0 Å². The van der Waals surface area contributed by atoms with E-state index in [-0.39, 0.29) is 30.2 Å². The van der Waals surface area contributed by atoms with Crippen molar-refractivity contribution in [2.75, 3.05) is 13.2 Å². The predicted molar refractivity (Wildman–Crippen MR) is 92.2 cm³/mol. The maximum Gasteiger partial charge on any atom is 0.326 e. The van der Waals surface area contributed by atoms with Crippen molar-refractivity contribution in [3.63, 3.8) is 0 Å². The summed E-state index contributed by atoms with van der Waals surface area (Å²) in [6.45, 7) is -1.13. The molecule has 28 heavy (non-hydrogen) atoms. The van der Waals surface area contributed by atoms with Crippen molar-refractivity contribution in [2.45, 2.75) is 32.2 Å². The Morgan fingerprint density at radius 1 is 1.14 bits per heavy atom. The lowest BCUT2D eigenvalue weighted by atomic mass is 9.81. The van der Waals surface area contributed by atoms with Crippen molar-refractivity contribution in [2.24, 2.45) is 11.8 Å². The lowest BCUT2D eigenvalue weighted by Gasteiger charge is -2.19. The van der Waals surface area contributed by atoms with Crippen molar-refractivity contribution >= 4 is 29.7 Å². The van der Waals surface area contributed by atoms with Crippen LogP contribution < -0.4 is 10.6 Å². The number of hydrogen-bond acceptors (Lipinski definition) is 7. The number of urea groups is 1. The minimum atomic E-state index is -0.883. The van der Waals surface area contributed by atoms with E-state index in [0.29, 0.717) is 18.6 Å². The van der Waals surface area contributed by atoms with Gasteiger partial charge in [0, 0.05) is 0 Å². The number of carbonyl (C=O) groups is 5. The smallest absolute Gasteiger partial charge is 0.326 e. The van der Waals surface area contributed by atoms with Crippen LogP contribution in [-0.2, 0) is 30.5 Å². The first kappa shape index (κ1) is 19.6. The molecule has 0 radical (unpaired) electrons. The van der Waals surface area contributed by atoms with E-state index >= 15 is 0 Å². The molecule has 1 aliphatic carbocycles. The zero-order chi connectivity index (χ0) is 20.1. The van der Waals surface area contributed by atoms with Crippen LogP contribution in [0.15, 0.2) is 22.8 Å². The fourth-order valence-corrected chi connectivity index (χ4v) is 3.50. The molecule has 3 rings (SSSR count). The van der Waals surface area contributed by atoms with Crippen LogP contribution in [0.5, 0.6) is 0 Å². The van der Waals surface area contributed by atoms with Gasteiger partial charge >= 0.3 is 12.0 Å². The number of amides is 5. The van der Waals surface area contributed by atoms with E-state index in [1.165, 1.54) is 6.26 Å². The number of nitrogens with zero attached hydrogens (tertiary/aromatic N) is 1. The van der Waals surface area contributed by atoms with Gasteiger partial charge in [-0.05, 0) is 25.0 Å². The summed E-state index contributed by atoms with van der Waals surface area (Å²) in [6.07, 6.45) is 4.53. The second-order valence-electron chi connectivity index (χ2n) is 6.73. The van der Waals surface area contributed by atoms with Crippen molar-refractivity contribution in [3.8, 4) is 0 Å². The Balaban J connectivity index is 1.39. The first-order chi connectivity index (χ1) is 13.5. The van der Waals surface area contributed by atoms with Gasteiger partial charge in [-0.3, -0.25) is 29.4 Å². The largest absolute Gasteiger partial charge is 0.467 e. The van der Waals surface area contributed by atoms with Crippen LogP contribution in [0.1, 0.15) is 31.4 Å². The molecule has 0 bridgehead atoms. The molecule has 2 fully saturated rings. The minimum Gasteiger partial charge on any atom is -0.467 e. The van der Waals surface area contributed by atoms with E-state index in [4.69, 9.17) is 9.15 Å². The van der Waals surface area contributed by atoms with Crippen LogP contribution >= 0.6 is 0 Å². The van der Waals surface area contributed by atoms with E-state index in [1.54, 1.807) is 12.1 Å². The average molecular weight is 391 g/mol. The first-order valence-electron chi connectivity index (χ1n) is 9.06. The number of ether oxygens (including phenoxy) is 1. The van der Waals surface area contributed by atoms with Crippen molar-refractivity contribution in [1.82, 2.24) is 15.5 Å². The topological polar surface area (TPSA) is 135 Å². The third-order valence-corrected chi connectivity index (χ3v) is 4.84. The van der Waals surface area contributed by atoms with Crippen molar-refractivity contribution in [1.29, 1.82) is 0 Å². The molecule has 0 aromatic carbocycles. The number of rotatable bonds is 6. The summed E-state index contributed by atoms with van der Waals surface area (Å²) in [4.78, 5) is 60.7. The highest BCUT2D eigenvalue weighted by Gasteiger charge is 2.48. The molecule has 2 heterocycles. The zero-order valence-electron chi connectivity index (χ0n) is 15.1. The fourth-order valence-electron chi connectivity index (χ4n) is 3.50. The molecule has 1 saturated carbocycles. The van der Waals surface area contributed by atoms with Gasteiger partial charge in [0.25, 0.3) is 5.91 Å². The standard InChI is InChI=1S/C18H21N3O7/c22-14(20-18(26)19-8-11-4-3-7-27-11)10-28-15(23)9-21-16(24)12-5-1-2-6-13(12)17(21)25/h3-4,7,12-13H,1-2,5-6,8-10H2,(H2,19,20,22,26)/t12-,13-/m1/s1. The van der Waals surface area contributed by atoms with Gasteiger partial charge in [0.15, 0.2) is 6.61 Å². The molecule has 2 atom stereocenters. The maximum atomic E-state index is 12.3. The van der Waals surface area contributed by atoms with Crippen LogP contribution in [0, 0.1) is 11.8 Å². The number of fused-ring (bicyclic) bond motifs is 1. The van der Waals surface area contributed by atoms with Crippen LogP contribution in [-0.4, -0.2) is 47.8 Å². The van der Waals surface area contributed by atoms with E-state index in [9.17, 15) is 24.0 Å². The predicted octanol–water partition coefficient (Wildman–Crippen LogP) is 0.324. The Morgan fingerprint density at radius 2 is 1.82 bits per heavy atom. The van der Waals surface area contributed by atoms with Gasteiger partial charge < -0.3 is 14.5 Å². The van der Waals surface area contributed by atoms with Gasteiger partial charge in [0.1, 0.15) is 12.3 Å². The average Bonchev–Trinajstić information content (AvgIpc) is 3.28. The molecular weight excluding hydrogens is 370 g/mol. The SMILES string of the molecule is O=C(COC(=O)CN1C(=O)[C@@H]2CCCC[C@H]2C1=O)NC(=O)NCc1ccco1. The summed E-state index contributed by atoms with van der Waals surface area (Å²) in [7, 11) is 0. The normalized spacial score (nSPS) is 21.2. The Hall–Kier alpha value is -3.17. The molecule has 0 unspecified atom stereocenters. The monoisotopic (exact) mass is 391 g/mol. The molecule has 150 valence electrons. The molecule has 10 heteroatoms. The zero-order valence-corrected chi connectivity index (χ0v) is 15.1. The van der Waals surface area contributed by atoms with Crippen molar-refractivity contribution in [3.05, 3.63) is 24.2 Å². The molecule has 5 amide bonds. The summed E-state index contributed by atoms with van der Waals surface area (Å²) in [5, 5.41) is 4.39. The van der Waals surface area contributed by atoms with E-state index in [1.807, 2.05) is 5.32 Å². The van der Waals surface area contributed by atoms with Crippen LogP contribution in [0.2, 0.25) is 0 Å². The van der Waals surface area contributed by atoms with Gasteiger partial charge in [0.05, 0.1) is 24.6 Å². The molecule has 10 nitrogen and oxygen atoms in total. The van der Waals surface area contributed by atoms with Crippen LogP contribution in [0.3, 0.4) is 0 Å². The Bertz CT molecular complexity index is 750. The molecule has 1 aliphatic heterocycles. The number of nitrogens with one attached hydrogen (secondary N) is 2. The van der Waals surface area contributed by atoms with E-state index in [0.717, 1.165) is 17.7 Å². The van der Waals surface area contributed by atoms with Crippen LogP contribution in [0.4, 0.5) is 4.79 Å².